The molecule has 0 aliphatic heterocycles. The Hall–Kier alpha value is -1.14. The first-order valence-corrected chi connectivity index (χ1v) is 6.86. The Morgan fingerprint density at radius 1 is 1.20 bits per heavy atom. The van der Waals surface area contributed by atoms with Gasteiger partial charge in [0.15, 0.2) is 0 Å². The fraction of sp³-hybridized carbons (Fsp3) is 0.857. The van der Waals surface area contributed by atoms with Gasteiger partial charge < -0.3 is 20.5 Å². The van der Waals surface area contributed by atoms with Crippen LogP contribution < -0.4 is 11.1 Å². The molecule has 0 saturated heterocycles. The van der Waals surface area contributed by atoms with Crippen LogP contribution in [0.4, 0.5) is 0 Å². The lowest BCUT2D eigenvalue weighted by Gasteiger charge is -2.24. The minimum atomic E-state index is -0.812. The van der Waals surface area contributed by atoms with Gasteiger partial charge in [0.25, 0.3) is 0 Å². The van der Waals surface area contributed by atoms with Crippen molar-refractivity contribution in [1.82, 2.24) is 5.32 Å². The van der Waals surface area contributed by atoms with E-state index in [1.807, 2.05) is 13.8 Å². The highest BCUT2D eigenvalue weighted by atomic mass is 16.6. The molecule has 0 spiro atoms. The summed E-state index contributed by atoms with van der Waals surface area (Å²) in [6.45, 7) is 9.52. The average Bonchev–Trinajstić information content (AvgIpc) is 2.30. The van der Waals surface area contributed by atoms with Gasteiger partial charge in [-0.3, -0.25) is 9.59 Å². The zero-order valence-corrected chi connectivity index (χ0v) is 13.4. The molecule has 0 saturated carbocycles. The number of nitrogens with one attached hydrogen (secondary N) is 1. The maximum atomic E-state index is 11.7. The largest absolute Gasteiger partial charge is 0.468 e. The third kappa shape index (κ3) is 8.12. The summed E-state index contributed by atoms with van der Waals surface area (Å²) in [6.07, 6.45) is 0.619. The smallest absolute Gasteiger partial charge is 0.324 e. The molecular formula is C14H28N2O4. The molecule has 0 fully saturated rings. The number of carbonyl (C=O) groups excluding carboxylic acids is 2. The summed E-state index contributed by atoms with van der Waals surface area (Å²) >= 11 is 0. The average molecular weight is 288 g/mol. The molecule has 0 aromatic heterocycles. The molecule has 0 amide bonds. The summed E-state index contributed by atoms with van der Waals surface area (Å²) < 4.78 is 9.91. The van der Waals surface area contributed by atoms with Gasteiger partial charge in [0.05, 0.1) is 7.11 Å². The topological polar surface area (TPSA) is 90.6 Å². The Morgan fingerprint density at radius 2 is 1.75 bits per heavy atom. The van der Waals surface area contributed by atoms with Crippen LogP contribution in [-0.2, 0) is 19.1 Å². The van der Waals surface area contributed by atoms with E-state index in [-0.39, 0.29) is 12.5 Å². The van der Waals surface area contributed by atoms with Crippen molar-refractivity contribution in [3.8, 4) is 0 Å². The van der Waals surface area contributed by atoms with Crippen LogP contribution in [0.15, 0.2) is 0 Å². The van der Waals surface area contributed by atoms with E-state index in [2.05, 4.69) is 5.32 Å². The van der Waals surface area contributed by atoms with Gasteiger partial charge in [-0.1, -0.05) is 13.8 Å². The molecule has 1 unspecified atom stereocenters. The number of esters is 2. The lowest BCUT2D eigenvalue weighted by atomic mass is 10.0. The number of hydrogen-bond donors (Lipinski definition) is 2. The van der Waals surface area contributed by atoms with Gasteiger partial charge in [-0.2, -0.15) is 0 Å². The number of carbonyl (C=O) groups is 2. The Balaban J connectivity index is 4.39. The van der Waals surface area contributed by atoms with E-state index < -0.39 is 23.7 Å². The summed E-state index contributed by atoms with van der Waals surface area (Å²) in [4.78, 5) is 23.3. The second kappa shape index (κ2) is 8.21. The maximum Gasteiger partial charge on any atom is 0.324 e. The first-order valence-electron chi connectivity index (χ1n) is 6.86. The molecule has 0 aliphatic carbocycles. The van der Waals surface area contributed by atoms with Crippen LogP contribution in [-0.4, -0.2) is 43.3 Å². The van der Waals surface area contributed by atoms with Crippen molar-refractivity contribution in [3.05, 3.63) is 0 Å². The Morgan fingerprint density at radius 3 is 2.15 bits per heavy atom. The highest BCUT2D eigenvalue weighted by molar-refractivity contribution is 5.77. The molecule has 0 bridgehead atoms. The molecule has 0 aromatic rings. The third-order valence-electron chi connectivity index (χ3n) is 2.49. The minimum absolute atomic E-state index is 0.168. The van der Waals surface area contributed by atoms with E-state index in [4.69, 9.17) is 15.2 Å². The predicted octanol–water partition coefficient (Wildman–Crippen LogP) is 0.833. The molecule has 6 heteroatoms. The highest BCUT2D eigenvalue weighted by Gasteiger charge is 2.25. The van der Waals surface area contributed by atoms with Crippen molar-refractivity contribution in [1.29, 1.82) is 0 Å². The molecule has 118 valence electrons. The summed E-state index contributed by atoms with van der Waals surface area (Å²) in [5.41, 5.74) is 5.18. The van der Waals surface area contributed by atoms with Crippen molar-refractivity contribution >= 4 is 11.9 Å². The first-order chi connectivity index (χ1) is 9.06. The molecule has 6 nitrogen and oxygen atoms in total. The van der Waals surface area contributed by atoms with Crippen LogP contribution in [0.25, 0.3) is 0 Å². The molecular weight excluding hydrogens is 260 g/mol. The minimum Gasteiger partial charge on any atom is -0.468 e. The van der Waals surface area contributed by atoms with Crippen LogP contribution in [0, 0.1) is 5.92 Å². The van der Waals surface area contributed by atoms with Gasteiger partial charge >= 0.3 is 11.9 Å². The fourth-order valence-electron chi connectivity index (χ4n) is 1.61. The van der Waals surface area contributed by atoms with Crippen LogP contribution in [0.5, 0.6) is 0 Å². The highest BCUT2D eigenvalue weighted by Crippen LogP contribution is 2.09. The SMILES string of the molecule is COC(=O)[C@H](CC(C)C)NCC(N)C(=O)OC(C)(C)C. The monoisotopic (exact) mass is 288 g/mol. The van der Waals surface area contributed by atoms with E-state index in [9.17, 15) is 9.59 Å². The molecule has 3 N–H and O–H groups in total. The van der Waals surface area contributed by atoms with Gasteiger partial charge in [-0.25, -0.2) is 0 Å². The van der Waals surface area contributed by atoms with Crippen molar-refractivity contribution in [3.63, 3.8) is 0 Å². The van der Waals surface area contributed by atoms with E-state index >= 15 is 0 Å². The Bertz CT molecular complexity index is 324. The van der Waals surface area contributed by atoms with Crippen LogP contribution in [0.1, 0.15) is 41.0 Å². The van der Waals surface area contributed by atoms with Gasteiger partial charge in [0.2, 0.25) is 0 Å². The number of nitrogens with two attached hydrogens (primary N) is 1. The zero-order valence-electron chi connectivity index (χ0n) is 13.4. The number of ether oxygens (including phenoxy) is 2. The molecule has 2 atom stereocenters. The maximum absolute atomic E-state index is 11.7. The van der Waals surface area contributed by atoms with Crippen molar-refractivity contribution in [2.24, 2.45) is 11.7 Å². The van der Waals surface area contributed by atoms with Crippen LogP contribution in [0.3, 0.4) is 0 Å². The van der Waals surface area contributed by atoms with Crippen molar-refractivity contribution < 1.29 is 19.1 Å². The van der Waals surface area contributed by atoms with Crippen LogP contribution >= 0.6 is 0 Å². The van der Waals surface area contributed by atoms with E-state index in [1.54, 1.807) is 20.8 Å². The number of rotatable bonds is 7. The zero-order chi connectivity index (χ0) is 15.9. The van der Waals surface area contributed by atoms with Crippen LogP contribution in [0.2, 0.25) is 0 Å². The van der Waals surface area contributed by atoms with Crippen molar-refractivity contribution in [2.75, 3.05) is 13.7 Å². The predicted molar refractivity (Wildman–Crippen MR) is 77.1 cm³/mol. The molecule has 0 aliphatic rings. The number of methoxy groups -OCH3 is 1. The number of hydrogen-bond acceptors (Lipinski definition) is 6. The summed E-state index contributed by atoms with van der Waals surface area (Å²) in [6, 6.07) is -1.28. The van der Waals surface area contributed by atoms with Gasteiger partial charge in [0, 0.05) is 6.54 Å². The van der Waals surface area contributed by atoms with Crippen molar-refractivity contribution in [2.45, 2.75) is 58.7 Å². The summed E-state index contributed by atoms with van der Waals surface area (Å²) in [5, 5.41) is 2.97. The lowest BCUT2D eigenvalue weighted by molar-refractivity contribution is -0.156. The Labute approximate surface area is 121 Å². The first kappa shape index (κ1) is 18.9. The van der Waals surface area contributed by atoms with Gasteiger partial charge in [-0.05, 0) is 33.1 Å². The molecule has 0 radical (unpaired) electrons. The van der Waals surface area contributed by atoms with Gasteiger partial charge in [-0.15, -0.1) is 0 Å². The standard InChI is InChI=1S/C14H28N2O4/c1-9(2)7-11(13(18)19-6)16-8-10(15)12(17)20-14(3,4)5/h9-11,16H,7-8,15H2,1-6H3/t10?,11-/m0/s1. The summed E-state index contributed by atoms with van der Waals surface area (Å²) in [5.74, 6) is -0.516. The Kier molecular flexibility index (Phi) is 7.75. The normalized spacial score (nSPS) is 14.8. The quantitative estimate of drug-likeness (QED) is 0.674. The third-order valence-corrected chi connectivity index (χ3v) is 2.49. The van der Waals surface area contributed by atoms with Gasteiger partial charge in [0.1, 0.15) is 17.7 Å². The molecule has 0 heterocycles. The molecule has 20 heavy (non-hydrogen) atoms. The summed E-state index contributed by atoms with van der Waals surface area (Å²) in [7, 11) is 1.34. The second-order valence-electron chi connectivity index (χ2n) is 6.25. The molecule has 0 aromatic carbocycles. The molecule has 0 rings (SSSR count). The lowest BCUT2D eigenvalue weighted by Crippen LogP contribution is -2.49. The van der Waals surface area contributed by atoms with E-state index in [0.717, 1.165) is 0 Å². The van der Waals surface area contributed by atoms with E-state index in [0.29, 0.717) is 12.3 Å². The fourth-order valence-corrected chi connectivity index (χ4v) is 1.61. The van der Waals surface area contributed by atoms with E-state index in [1.165, 1.54) is 7.11 Å². The second-order valence-corrected chi connectivity index (χ2v) is 6.25.